The van der Waals surface area contributed by atoms with Crippen molar-refractivity contribution in [1.82, 2.24) is 4.98 Å². The van der Waals surface area contributed by atoms with Crippen molar-refractivity contribution in [3.63, 3.8) is 0 Å². The lowest BCUT2D eigenvalue weighted by Gasteiger charge is -2.08. The largest absolute Gasteiger partial charge is 0.492 e. The average Bonchev–Trinajstić information content (AvgIpc) is 2.39. The second-order valence-corrected chi connectivity index (χ2v) is 5.01. The number of para-hydroxylation sites is 1. The number of hydrogen-bond acceptors (Lipinski definition) is 4. The Balaban J connectivity index is 1.76. The molecule has 0 aliphatic rings. The third-order valence-corrected chi connectivity index (χ3v) is 3.35. The van der Waals surface area contributed by atoms with Crippen LogP contribution in [0.25, 0.3) is 0 Å². The third kappa shape index (κ3) is 3.67. The van der Waals surface area contributed by atoms with Crippen LogP contribution < -0.4 is 10.5 Å². The van der Waals surface area contributed by atoms with Crippen molar-refractivity contribution in [2.24, 2.45) is 0 Å². The van der Waals surface area contributed by atoms with Gasteiger partial charge in [-0.25, -0.2) is 4.98 Å². The summed E-state index contributed by atoms with van der Waals surface area (Å²) in [5.74, 6) is 1.81. The van der Waals surface area contributed by atoms with Crippen LogP contribution in [-0.2, 0) is 0 Å². The normalized spacial score (nSPS) is 10.3. The van der Waals surface area contributed by atoms with Crippen molar-refractivity contribution >= 4 is 17.4 Å². The first-order chi connectivity index (χ1) is 8.75. The molecular formula is C14H16N2OS. The van der Waals surface area contributed by atoms with Crippen LogP contribution in [0.2, 0.25) is 0 Å². The molecule has 0 bridgehead atoms. The van der Waals surface area contributed by atoms with E-state index in [-0.39, 0.29) is 0 Å². The minimum atomic E-state index is 0.668. The number of hydrogen-bond donors (Lipinski definition) is 1. The molecule has 94 valence electrons. The summed E-state index contributed by atoms with van der Waals surface area (Å²) in [4.78, 5) is 4.22. The van der Waals surface area contributed by atoms with Crippen molar-refractivity contribution in [3.05, 3.63) is 48.2 Å². The number of aromatic nitrogens is 1. The number of nitrogen functional groups attached to an aromatic ring is 1. The lowest BCUT2D eigenvalue weighted by molar-refractivity contribution is 0.341. The van der Waals surface area contributed by atoms with Crippen LogP contribution in [0.5, 0.6) is 5.75 Å². The Kier molecular flexibility index (Phi) is 4.47. The van der Waals surface area contributed by atoms with Gasteiger partial charge in [-0.05, 0) is 30.7 Å². The number of anilines is 1. The van der Waals surface area contributed by atoms with E-state index < -0.39 is 0 Å². The van der Waals surface area contributed by atoms with E-state index in [0.29, 0.717) is 12.3 Å². The van der Waals surface area contributed by atoms with Gasteiger partial charge in [0.25, 0.3) is 0 Å². The molecule has 0 fully saturated rings. The fourth-order valence-corrected chi connectivity index (χ4v) is 2.16. The number of pyridine rings is 1. The third-order valence-electron chi connectivity index (χ3n) is 2.44. The van der Waals surface area contributed by atoms with Gasteiger partial charge in [0.15, 0.2) is 0 Å². The van der Waals surface area contributed by atoms with E-state index in [1.807, 2.05) is 43.3 Å². The SMILES string of the molecule is Cc1ccccc1OCCSc1ccc(N)cn1. The van der Waals surface area contributed by atoms with Gasteiger partial charge in [-0.1, -0.05) is 18.2 Å². The average molecular weight is 260 g/mol. The van der Waals surface area contributed by atoms with Crippen molar-refractivity contribution in [2.75, 3.05) is 18.1 Å². The molecular weight excluding hydrogens is 244 g/mol. The van der Waals surface area contributed by atoms with E-state index in [0.717, 1.165) is 22.1 Å². The molecule has 2 aromatic rings. The molecule has 0 unspecified atom stereocenters. The van der Waals surface area contributed by atoms with E-state index in [2.05, 4.69) is 4.98 Å². The van der Waals surface area contributed by atoms with Gasteiger partial charge >= 0.3 is 0 Å². The zero-order valence-corrected chi connectivity index (χ0v) is 11.1. The molecule has 0 atom stereocenters. The summed E-state index contributed by atoms with van der Waals surface area (Å²) in [6.07, 6.45) is 1.67. The zero-order chi connectivity index (χ0) is 12.8. The molecule has 0 spiro atoms. The number of ether oxygens (including phenoxy) is 1. The Hall–Kier alpha value is -1.68. The summed E-state index contributed by atoms with van der Waals surface area (Å²) in [7, 11) is 0. The number of aryl methyl sites for hydroxylation is 1. The molecule has 2 N–H and O–H groups in total. The van der Waals surface area contributed by atoms with Crippen LogP contribution in [0.1, 0.15) is 5.56 Å². The number of rotatable bonds is 5. The molecule has 18 heavy (non-hydrogen) atoms. The maximum Gasteiger partial charge on any atom is 0.122 e. The summed E-state index contributed by atoms with van der Waals surface area (Å²) in [5, 5.41) is 0.970. The van der Waals surface area contributed by atoms with Gasteiger partial charge in [-0.2, -0.15) is 0 Å². The van der Waals surface area contributed by atoms with Crippen LogP contribution in [0.3, 0.4) is 0 Å². The molecule has 1 aromatic carbocycles. The lowest BCUT2D eigenvalue weighted by atomic mass is 10.2. The van der Waals surface area contributed by atoms with Crippen LogP contribution in [0.15, 0.2) is 47.6 Å². The summed E-state index contributed by atoms with van der Waals surface area (Å²) >= 11 is 1.66. The smallest absolute Gasteiger partial charge is 0.122 e. The summed E-state index contributed by atoms with van der Waals surface area (Å²) in [5.41, 5.74) is 7.43. The van der Waals surface area contributed by atoms with E-state index >= 15 is 0 Å². The van der Waals surface area contributed by atoms with E-state index in [4.69, 9.17) is 10.5 Å². The molecule has 0 saturated heterocycles. The molecule has 3 nitrogen and oxygen atoms in total. The highest BCUT2D eigenvalue weighted by Gasteiger charge is 1.99. The fraction of sp³-hybridized carbons (Fsp3) is 0.214. The highest BCUT2D eigenvalue weighted by molar-refractivity contribution is 7.99. The van der Waals surface area contributed by atoms with Gasteiger partial charge in [0.1, 0.15) is 5.75 Å². The van der Waals surface area contributed by atoms with Gasteiger partial charge in [0.2, 0.25) is 0 Å². The highest BCUT2D eigenvalue weighted by Crippen LogP contribution is 2.18. The van der Waals surface area contributed by atoms with Crippen molar-refractivity contribution in [3.8, 4) is 5.75 Å². The Bertz CT molecular complexity index is 499. The van der Waals surface area contributed by atoms with Crippen molar-refractivity contribution < 1.29 is 4.74 Å². The van der Waals surface area contributed by atoms with Gasteiger partial charge in [0.05, 0.1) is 23.5 Å². The van der Waals surface area contributed by atoms with Gasteiger partial charge in [-0.15, -0.1) is 11.8 Å². The Morgan fingerprint density at radius 2 is 2.06 bits per heavy atom. The predicted octanol–water partition coefficient (Wildman–Crippen LogP) is 3.14. The van der Waals surface area contributed by atoms with Crippen LogP contribution >= 0.6 is 11.8 Å². The molecule has 0 aliphatic carbocycles. The highest BCUT2D eigenvalue weighted by atomic mass is 32.2. The maximum atomic E-state index is 5.71. The second-order valence-electron chi connectivity index (χ2n) is 3.89. The Morgan fingerprint density at radius 3 is 2.78 bits per heavy atom. The van der Waals surface area contributed by atoms with Crippen LogP contribution in [-0.4, -0.2) is 17.3 Å². The monoisotopic (exact) mass is 260 g/mol. The number of thioether (sulfide) groups is 1. The van der Waals surface area contributed by atoms with Gasteiger partial charge < -0.3 is 10.5 Å². The van der Waals surface area contributed by atoms with Gasteiger partial charge in [0, 0.05) is 5.75 Å². The van der Waals surface area contributed by atoms with E-state index in [1.54, 1.807) is 18.0 Å². The quantitative estimate of drug-likeness (QED) is 0.662. The first-order valence-electron chi connectivity index (χ1n) is 5.78. The number of nitrogens with zero attached hydrogens (tertiary/aromatic N) is 1. The first-order valence-corrected chi connectivity index (χ1v) is 6.77. The molecule has 1 aromatic heterocycles. The zero-order valence-electron chi connectivity index (χ0n) is 10.3. The molecule has 0 amide bonds. The summed E-state index contributed by atoms with van der Waals surface area (Å²) in [6.45, 7) is 2.71. The molecule has 0 saturated carbocycles. The number of nitrogens with two attached hydrogens (primary N) is 1. The second kappa shape index (κ2) is 6.31. The maximum absolute atomic E-state index is 5.71. The summed E-state index contributed by atoms with van der Waals surface area (Å²) < 4.78 is 5.71. The summed E-state index contributed by atoms with van der Waals surface area (Å²) in [6, 6.07) is 11.8. The van der Waals surface area contributed by atoms with Crippen molar-refractivity contribution in [1.29, 1.82) is 0 Å². The van der Waals surface area contributed by atoms with Crippen molar-refractivity contribution in [2.45, 2.75) is 11.9 Å². The topological polar surface area (TPSA) is 48.1 Å². The lowest BCUT2D eigenvalue weighted by Crippen LogP contribution is -2.01. The van der Waals surface area contributed by atoms with E-state index in [9.17, 15) is 0 Å². The molecule has 1 heterocycles. The predicted molar refractivity (Wildman–Crippen MR) is 76.0 cm³/mol. The minimum absolute atomic E-state index is 0.668. The first kappa shape index (κ1) is 12.8. The molecule has 4 heteroatoms. The van der Waals surface area contributed by atoms with Crippen LogP contribution in [0.4, 0.5) is 5.69 Å². The Morgan fingerprint density at radius 1 is 1.22 bits per heavy atom. The standard InChI is InChI=1S/C14H16N2OS/c1-11-4-2-3-5-13(11)17-8-9-18-14-7-6-12(15)10-16-14/h2-7,10H,8-9,15H2,1H3. The van der Waals surface area contributed by atoms with Gasteiger partial charge in [-0.3, -0.25) is 0 Å². The minimum Gasteiger partial charge on any atom is -0.492 e. The van der Waals surface area contributed by atoms with E-state index in [1.165, 1.54) is 0 Å². The Labute approximate surface area is 111 Å². The number of benzene rings is 1. The molecule has 0 radical (unpaired) electrons. The molecule has 2 rings (SSSR count). The van der Waals surface area contributed by atoms with Crippen LogP contribution in [0, 0.1) is 6.92 Å². The fourth-order valence-electron chi connectivity index (χ4n) is 1.49. The molecule has 0 aliphatic heterocycles.